The van der Waals surface area contributed by atoms with Crippen molar-refractivity contribution in [1.29, 1.82) is 0 Å². The van der Waals surface area contributed by atoms with Crippen molar-refractivity contribution < 1.29 is 54.6 Å². The van der Waals surface area contributed by atoms with Crippen LogP contribution in [0.1, 0.15) is 25.0 Å². The fourth-order valence-corrected chi connectivity index (χ4v) is 2.35. The molecule has 0 amide bonds. The lowest BCUT2D eigenvalue weighted by Gasteiger charge is -2.24. The van der Waals surface area contributed by atoms with E-state index in [0.717, 1.165) is 19.9 Å². The molecule has 0 bridgehead atoms. The molecule has 166 valence electrons. The second-order valence-corrected chi connectivity index (χ2v) is 6.48. The van der Waals surface area contributed by atoms with Crippen molar-refractivity contribution in [3.63, 3.8) is 0 Å². The summed E-state index contributed by atoms with van der Waals surface area (Å²) in [6.45, 7) is 1.65. The van der Waals surface area contributed by atoms with Gasteiger partial charge in [0.2, 0.25) is 5.79 Å². The van der Waals surface area contributed by atoms with Gasteiger partial charge in [-0.15, -0.1) is 0 Å². The Morgan fingerprint density at radius 1 is 0.871 bits per heavy atom. The first kappa shape index (κ1) is 25.2. The summed E-state index contributed by atoms with van der Waals surface area (Å²) in [6, 6.07) is 5.54. The zero-order valence-corrected chi connectivity index (χ0v) is 16.3. The molecule has 0 spiro atoms. The predicted molar refractivity (Wildman–Crippen MR) is 104 cm³/mol. The minimum absolute atomic E-state index is 0.108. The smallest absolute Gasteiger partial charge is 0.338 e. The number of carboxylic acid groups (broad SMARTS) is 3. The Kier molecular flexibility index (Phi) is 7.98. The average Bonchev–Trinajstić information content (AvgIpc) is 2.61. The van der Waals surface area contributed by atoms with Crippen molar-refractivity contribution >= 4 is 35.5 Å². The maximum absolute atomic E-state index is 12.2. The van der Waals surface area contributed by atoms with E-state index in [2.05, 4.69) is 4.74 Å². The highest BCUT2D eigenvalue weighted by molar-refractivity contribution is 5.97. The van der Waals surface area contributed by atoms with Crippen LogP contribution < -0.4 is 0 Å². The van der Waals surface area contributed by atoms with Crippen molar-refractivity contribution in [2.24, 2.45) is 0 Å². The number of carbonyl (C=O) groups excluding carboxylic acids is 1. The molecule has 31 heavy (non-hydrogen) atoms. The molecule has 0 radical (unpaired) electrons. The molecule has 0 saturated heterocycles. The second-order valence-electron chi connectivity index (χ2n) is 6.48. The maximum Gasteiger partial charge on any atom is 0.338 e. The van der Waals surface area contributed by atoms with E-state index < -0.39 is 46.6 Å². The number of aliphatic hydroxyl groups is 3. The van der Waals surface area contributed by atoms with Crippen LogP contribution >= 0.6 is 0 Å². The number of aliphatic carboxylic acids is 3. The zero-order valence-electron chi connectivity index (χ0n) is 16.3. The van der Waals surface area contributed by atoms with Gasteiger partial charge in [0.15, 0.2) is 5.79 Å². The Morgan fingerprint density at radius 2 is 1.42 bits per heavy atom. The SMILES string of the molecule is CC(O)(O)C(=CC(=O)OC(C)(O)/C(=C/C(=O)O)C(=O)O)c1ccc(C=CC(=O)O)cc1. The van der Waals surface area contributed by atoms with E-state index >= 15 is 0 Å². The standard InChI is InChI=1S/C20H20O11/c1-19(28,29)13(12-6-3-11(4-7-12)5-8-15(21)22)10-17(25)31-20(2,30)14(18(26)27)9-16(23)24/h3-10,28-30H,1-2H3,(H,21,22)(H,23,24)(H,26,27)/b8-5?,13-10?,14-9+. The first-order valence-electron chi connectivity index (χ1n) is 8.45. The molecule has 0 aliphatic carbocycles. The Balaban J connectivity index is 3.27. The van der Waals surface area contributed by atoms with Gasteiger partial charge in [-0.3, -0.25) is 0 Å². The number of hydrogen-bond donors (Lipinski definition) is 6. The summed E-state index contributed by atoms with van der Waals surface area (Å²) < 4.78 is 4.63. The predicted octanol–water partition coefficient (Wildman–Crippen LogP) is 0.216. The van der Waals surface area contributed by atoms with Crippen molar-refractivity contribution in [2.45, 2.75) is 25.4 Å². The molecular formula is C20H20O11. The molecular weight excluding hydrogens is 416 g/mol. The molecule has 0 heterocycles. The molecule has 0 aliphatic heterocycles. The Labute approximate surface area is 175 Å². The maximum atomic E-state index is 12.2. The van der Waals surface area contributed by atoms with E-state index in [1.807, 2.05) is 0 Å². The number of carboxylic acids is 3. The number of ether oxygens (including phenoxy) is 1. The normalized spacial score (nSPS) is 14.7. The molecule has 11 heteroatoms. The van der Waals surface area contributed by atoms with Crippen LogP contribution in [-0.4, -0.2) is 66.1 Å². The van der Waals surface area contributed by atoms with Crippen LogP contribution in [0.2, 0.25) is 0 Å². The number of carbonyl (C=O) groups is 4. The van der Waals surface area contributed by atoms with E-state index in [1.54, 1.807) is 0 Å². The Hall–Kier alpha value is -3.80. The van der Waals surface area contributed by atoms with Gasteiger partial charge >= 0.3 is 23.9 Å². The second kappa shape index (κ2) is 9.80. The summed E-state index contributed by atoms with van der Waals surface area (Å²) in [6.07, 6.45) is 2.89. The summed E-state index contributed by atoms with van der Waals surface area (Å²) in [5, 5.41) is 56.5. The summed E-state index contributed by atoms with van der Waals surface area (Å²) in [5.74, 6) is -11.6. The molecule has 6 N–H and O–H groups in total. The van der Waals surface area contributed by atoms with E-state index in [-0.39, 0.29) is 11.6 Å². The van der Waals surface area contributed by atoms with Gasteiger partial charge in [0, 0.05) is 30.7 Å². The van der Waals surface area contributed by atoms with Gasteiger partial charge in [0.05, 0.1) is 0 Å². The molecule has 1 aromatic rings. The fraction of sp³-hybridized carbons (Fsp3) is 0.200. The summed E-state index contributed by atoms with van der Waals surface area (Å²) in [7, 11) is 0. The highest BCUT2D eigenvalue weighted by Crippen LogP contribution is 2.27. The van der Waals surface area contributed by atoms with Crippen LogP contribution in [0.15, 0.2) is 48.1 Å². The van der Waals surface area contributed by atoms with Crippen LogP contribution in [0.5, 0.6) is 0 Å². The van der Waals surface area contributed by atoms with Crippen LogP contribution in [0.25, 0.3) is 11.6 Å². The van der Waals surface area contributed by atoms with Crippen LogP contribution in [-0.2, 0) is 23.9 Å². The molecule has 0 aromatic heterocycles. The number of hydrogen-bond acceptors (Lipinski definition) is 8. The third kappa shape index (κ3) is 7.85. The van der Waals surface area contributed by atoms with Gasteiger partial charge in [-0.1, -0.05) is 24.3 Å². The molecule has 1 atom stereocenters. The molecule has 1 rings (SSSR count). The van der Waals surface area contributed by atoms with Crippen molar-refractivity contribution in [3.8, 4) is 0 Å². The van der Waals surface area contributed by atoms with E-state index in [0.29, 0.717) is 11.6 Å². The first-order chi connectivity index (χ1) is 14.1. The third-order valence-corrected chi connectivity index (χ3v) is 3.71. The van der Waals surface area contributed by atoms with Crippen molar-refractivity contribution in [2.75, 3.05) is 0 Å². The van der Waals surface area contributed by atoms with Crippen molar-refractivity contribution in [3.05, 3.63) is 59.2 Å². The zero-order chi connectivity index (χ0) is 24.0. The van der Waals surface area contributed by atoms with Crippen LogP contribution in [0.4, 0.5) is 0 Å². The number of esters is 1. The third-order valence-electron chi connectivity index (χ3n) is 3.71. The monoisotopic (exact) mass is 436 g/mol. The van der Waals surface area contributed by atoms with Gasteiger partial charge in [-0.2, -0.15) is 0 Å². The highest BCUT2D eigenvalue weighted by Gasteiger charge is 2.36. The molecule has 11 nitrogen and oxygen atoms in total. The van der Waals surface area contributed by atoms with Gasteiger partial charge in [0.1, 0.15) is 5.57 Å². The van der Waals surface area contributed by atoms with Gasteiger partial charge in [-0.05, 0) is 24.1 Å². The van der Waals surface area contributed by atoms with Crippen LogP contribution in [0, 0.1) is 0 Å². The van der Waals surface area contributed by atoms with Crippen molar-refractivity contribution in [1.82, 2.24) is 0 Å². The lowest BCUT2D eigenvalue weighted by atomic mass is 9.97. The number of rotatable bonds is 9. The lowest BCUT2D eigenvalue weighted by Crippen LogP contribution is -2.37. The molecule has 0 fully saturated rings. The Morgan fingerprint density at radius 3 is 1.84 bits per heavy atom. The summed E-state index contributed by atoms with van der Waals surface area (Å²) >= 11 is 0. The van der Waals surface area contributed by atoms with Gasteiger partial charge in [-0.25, -0.2) is 19.2 Å². The quantitative estimate of drug-likeness (QED) is 0.176. The topological polar surface area (TPSA) is 199 Å². The highest BCUT2D eigenvalue weighted by atomic mass is 16.7. The molecule has 1 unspecified atom stereocenters. The van der Waals surface area contributed by atoms with Gasteiger partial charge < -0.3 is 35.4 Å². The van der Waals surface area contributed by atoms with E-state index in [1.165, 1.54) is 30.3 Å². The number of benzene rings is 1. The average molecular weight is 436 g/mol. The minimum atomic E-state index is -2.85. The molecule has 0 aliphatic rings. The molecule has 0 saturated carbocycles. The Bertz CT molecular complexity index is 958. The minimum Gasteiger partial charge on any atom is -0.478 e. The fourth-order valence-electron chi connectivity index (χ4n) is 2.35. The first-order valence-corrected chi connectivity index (χ1v) is 8.45. The van der Waals surface area contributed by atoms with E-state index in [9.17, 15) is 34.5 Å². The van der Waals surface area contributed by atoms with Gasteiger partial charge in [0.25, 0.3) is 0 Å². The largest absolute Gasteiger partial charge is 0.478 e. The summed E-state index contributed by atoms with van der Waals surface area (Å²) in [5.41, 5.74) is -0.982. The lowest BCUT2D eigenvalue weighted by molar-refractivity contribution is -0.186. The van der Waals surface area contributed by atoms with E-state index in [4.69, 9.17) is 15.3 Å². The van der Waals surface area contributed by atoms with Crippen LogP contribution in [0.3, 0.4) is 0 Å². The summed E-state index contributed by atoms with van der Waals surface area (Å²) in [4.78, 5) is 44.7. The molecule has 1 aromatic carbocycles.